The van der Waals surface area contributed by atoms with Crippen LogP contribution in [0.2, 0.25) is 5.02 Å². The molecule has 0 unspecified atom stereocenters. The number of fused-ring (bicyclic) bond motifs is 1. The van der Waals surface area contributed by atoms with Gasteiger partial charge in [-0.2, -0.15) is 0 Å². The zero-order chi connectivity index (χ0) is 20.8. The van der Waals surface area contributed by atoms with E-state index < -0.39 is 0 Å². The second-order valence-electron chi connectivity index (χ2n) is 6.72. The number of hydrogen-bond acceptors (Lipinski definition) is 6. The highest BCUT2D eigenvalue weighted by Gasteiger charge is 2.06. The Morgan fingerprint density at radius 2 is 1.77 bits per heavy atom. The van der Waals surface area contributed by atoms with E-state index in [2.05, 4.69) is 37.7 Å². The maximum atomic E-state index is 6.07. The molecule has 0 bridgehead atoms. The fourth-order valence-corrected chi connectivity index (χ4v) is 3.71. The first-order chi connectivity index (χ1) is 14.7. The smallest absolute Gasteiger partial charge is 0.189 e. The van der Waals surface area contributed by atoms with Crippen molar-refractivity contribution in [3.05, 3.63) is 71.9 Å². The SMILES string of the molecule is CSc1nc(NCCCNc2ccnc3cc(Cl)ccc23)cc(-c2ccccc2)n1. The summed E-state index contributed by atoms with van der Waals surface area (Å²) in [7, 11) is 0. The maximum Gasteiger partial charge on any atom is 0.189 e. The number of rotatable bonds is 8. The number of anilines is 2. The number of nitrogens with one attached hydrogen (secondary N) is 2. The lowest BCUT2D eigenvalue weighted by molar-refractivity contribution is 0.890. The van der Waals surface area contributed by atoms with Crippen molar-refractivity contribution in [3.63, 3.8) is 0 Å². The fourth-order valence-electron chi connectivity index (χ4n) is 3.17. The van der Waals surface area contributed by atoms with Gasteiger partial charge in [0.2, 0.25) is 0 Å². The van der Waals surface area contributed by atoms with Crippen molar-refractivity contribution >= 4 is 45.8 Å². The van der Waals surface area contributed by atoms with Crippen LogP contribution in [0.15, 0.2) is 72.0 Å². The van der Waals surface area contributed by atoms with Gasteiger partial charge in [-0.1, -0.05) is 53.7 Å². The monoisotopic (exact) mass is 435 g/mol. The summed E-state index contributed by atoms with van der Waals surface area (Å²) in [6, 6.07) is 19.9. The van der Waals surface area contributed by atoms with E-state index in [1.54, 1.807) is 18.0 Å². The predicted molar refractivity (Wildman–Crippen MR) is 128 cm³/mol. The Hall–Kier alpha value is -2.83. The van der Waals surface area contributed by atoms with Crippen molar-refractivity contribution in [2.75, 3.05) is 30.0 Å². The Bertz CT molecular complexity index is 1140. The molecule has 152 valence electrons. The van der Waals surface area contributed by atoms with Crippen molar-refractivity contribution in [2.24, 2.45) is 0 Å². The molecule has 0 spiro atoms. The zero-order valence-corrected chi connectivity index (χ0v) is 18.2. The molecular formula is C23H22ClN5S. The van der Waals surface area contributed by atoms with Crippen LogP contribution in [0.25, 0.3) is 22.2 Å². The van der Waals surface area contributed by atoms with Gasteiger partial charge in [0.1, 0.15) is 5.82 Å². The minimum atomic E-state index is 0.695. The summed E-state index contributed by atoms with van der Waals surface area (Å²) in [6.45, 7) is 1.64. The van der Waals surface area contributed by atoms with Crippen molar-refractivity contribution in [3.8, 4) is 11.3 Å². The summed E-state index contributed by atoms with van der Waals surface area (Å²) in [4.78, 5) is 13.6. The first kappa shape index (κ1) is 20.4. The highest BCUT2D eigenvalue weighted by molar-refractivity contribution is 7.98. The van der Waals surface area contributed by atoms with Crippen molar-refractivity contribution < 1.29 is 0 Å². The molecule has 4 aromatic rings. The van der Waals surface area contributed by atoms with Crippen LogP contribution in [0, 0.1) is 0 Å². The van der Waals surface area contributed by atoms with Gasteiger partial charge in [-0.15, -0.1) is 0 Å². The Balaban J connectivity index is 1.36. The summed E-state index contributed by atoms with van der Waals surface area (Å²) in [6.07, 6.45) is 4.73. The van der Waals surface area contributed by atoms with E-state index in [4.69, 9.17) is 11.6 Å². The van der Waals surface area contributed by atoms with E-state index in [0.717, 1.165) is 58.3 Å². The third kappa shape index (κ3) is 5.01. The van der Waals surface area contributed by atoms with E-state index in [-0.39, 0.29) is 0 Å². The minimum Gasteiger partial charge on any atom is -0.384 e. The van der Waals surface area contributed by atoms with Crippen LogP contribution in [0.1, 0.15) is 6.42 Å². The number of benzene rings is 2. The molecule has 0 aliphatic rings. The van der Waals surface area contributed by atoms with Crippen molar-refractivity contribution in [1.82, 2.24) is 15.0 Å². The van der Waals surface area contributed by atoms with Gasteiger partial charge in [-0.25, -0.2) is 9.97 Å². The van der Waals surface area contributed by atoms with E-state index in [0.29, 0.717) is 5.02 Å². The Morgan fingerprint density at radius 3 is 2.60 bits per heavy atom. The van der Waals surface area contributed by atoms with Gasteiger partial charge >= 0.3 is 0 Å². The van der Waals surface area contributed by atoms with E-state index in [1.807, 2.05) is 54.8 Å². The first-order valence-electron chi connectivity index (χ1n) is 9.73. The predicted octanol–water partition coefficient (Wildman–Crippen LogP) is 5.98. The third-order valence-corrected chi connectivity index (χ3v) is 5.42. The number of aromatic nitrogens is 3. The average molecular weight is 436 g/mol. The summed E-state index contributed by atoms with van der Waals surface area (Å²) in [5.41, 5.74) is 3.97. The lowest BCUT2D eigenvalue weighted by Gasteiger charge is -2.11. The van der Waals surface area contributed by atoms with Crippen LogP contribution < -0.4 is 10.6 Å². The molecule has 4 rings (SSSR count). The highest BCUT2D eigenvalue weighted by Crippen LogP contribution is 2.25. The number of pyridine rings is 1. The molecule has 30 heavy (non-hydrogen) atoms. The Kier molecular flexibility index (Phi) is 6.67. The largest absolute Gasteiger partial charge is 0.384 e. The molecule has 2 aromatic carbocycles. The van der Waals surface area contributed by atoms with Gasteiger partial charge in [0.05, 0.1) is 11.2 Å². The number of thioether (sulfide) groups is 1. The fraction of sp³-hybridized carbons (Fsp3) is 0.174. The minimum absolute atomic E-state index is 0.695. The zero-order valence-electron chi connectivity index (χ0n) is 16.6. The Labute approximate surface area is 185 Å². The second kappa shape index (κ2) is 9.78. The topological polar surface area (TPSA) is 62.7 Å². The van der Waals surface area contributed by atoms with Gasteiger partial charge in [-0.05, 0) is 36.9 Å². The summed E-state index contributed by atoms with van der Waals surface area (Å²) >= 11 is 7.61. The molecule has 0 aliphatic carbocycles. The van der Waals surface area contributed by atoms with Gasteiger partial charge in [0, 0.05) is 47.0 Å². The molecule has 5 nitrogen and oxygen atoms in total. The van der Waals surface area contributed by atoms with Crippen LogP contribution in [0.4, 0.5) is 11.5 Å². The summed E-state index contributed by atoms with van der Waals surface area (Å²) in [5, 5.41) is 9.45. The van der Waals surface area contributed by atoms with Gasteiger partial charge < -0.3 is 10.6 Å². The number of hydrogen-bond donors (Lipinski definition) is 2. The molecule has 0 aliphatic heterocycles. The Morgan fingerprint density at radius 1 is 0.933 bits per heavy atom. The quantitative estimate of drug-likeness (QED) is 0.201. The van der Waals surface area contributed by atoms with Crippen LogP contribution in [0.3, 0.4) is 0 Å². The molecule has 0 radical (unpaired) electrons. The third-order valence-electron chi connectivity index (χ3n) is 4.64. The van der Waals surface area contributed by atoms with Crippen molar-refractivity contribution in [1.29, 1.82) is 0 Å². The van der Waals surface area contributed by atoms with Crippen LogP contribution in [-0.4, -0.2) is 34.3 Å². The molecule has 2 aromatic heterocycles. The number of halogens is 1. The van der Waals surface area contributed by atoms with Crippen LogP contribution in [-0.2, 0) is 0 Å². The lowest BCUT2D eigenvalue weighted by atomic mass is 10.1. The molecule has 2 heterocycles. The second-order valence-corrected chi connectivity index (χ2v) is 7.93. The molecular weight excluding hydrogens is 414 g/mol. The first-order valence-corrected chi connectivity index (χ1v) is 11.3. The molecule has 0 amide bonds. The maximum absolute atomic E-state index is 6.07. The summed E-state index contributed by atoms with van der Waals surface area (Å²) < 4.78 is 0. The highest BCUT2D eigenvalue weighted by atomic mass is 35.5. The normalized spacial score (nSPS) is 10.9. The molecule has 7 heteroatoms. The standard InChI is InChI=1S/C23H22ClN5S/c1-30-23-28-20(16-6-3-2-4-7-16)15-22(29-23)27-12-5-11-25-19-10-13-26-21-14-17(24)8-9-18(19)21/h2-4,6-10,13-15H,5,11-12H2,1H3,(H,25,26)(H,27,28,29). The van der Waals surface area contributed by atoms with E-state index >= 15 is 0 Å². The molecule has 2 N–H and O–H groups in total. The van der Waals surface area contributed by atoms with E-state index in [1.165, 1.54) is 0 Å². The molecule has 0 fully saturated rings. The van der Waals surface area contributed by atoms with Gasteiger partial charge in [-0.3, -0.25) is 4.98 Å². The summed E-state index contributed by atoms with van der Waals surface area (Å²) in [5.74, 6) is 0.845. The van der Waals surface area contributed by atoms with Gasteiger partial charge in [0.25, 0.3) is 0 Å². The lowest BCUT2D eigenvalue weighted by Crippen LogP contribution is -2.10. The number of nitrogens with zero attached hydrogens (tertiary/aromatic N) is 3. The molecule has 0 saturated carbocycles. The van der Waals surface area contributed by atoms with E-state index in [9.17, 15) is 0 Å². The van der Waals surface area contributed by atoms with Gasteiger partial charge in [0.15, 0.2) is 5.16 Å². The van der Waals surface area contributed by atoms with Crippen LogP contribution >= 0.6 is 23.4 Å². The average Bonchev–Trinajstić information content (AvgIpc) is 2.79. The molecule has 0 atom stereocenters. The molecule has 0 saturated heterocycles. The van der Waals surface area contributed by atoms with Crippen molar-refractivity contribution in [2.45, 2.75) is 11.6 Å². The van der Waals surface area contributed by atoms with Crippen LogP contribution in [0.5, 0.6) is 0 Å².